The van der Waals surface area contributed by atoms with E-state index in [9.17, 15) is 9.59 Å². The summed E-state index contributed by atoms with van der Waals surface area (Å²) in [7, 11) is 0. The molecule has 1 aromatic rings. The van der Waals surface area contributed by atoms with E-state index in [1.165, 1.54) is 11.1 Å². The molecule has 4 nitrogen and oxygen atoms in total. The van der Waals surface area contributed by atoms with Crippen molar-refractivity contribution in [3.8, 4) is 0 Å². The fourth-order valence-electron chi connectivity index (χ4n) is 3.44. The first-order valence-electron chi connectivity index (χ1n) is 10.6. The summed E-state index contributed by atoms with van der Waals surface area (Å²) < 4.78 is 0.237. The lowest BCUT2D eigenvalue weighted by molar-refractivity contribution is -0.141. The number of rotatable bonds is 16. The van der Waals surface area contributed by atoms with Gasteiger partial charge in [0.05, 0.1) is 12.3 Å². The van der Waals surface area contributed by atoms with Crippen LogP contribution in [0.15, 0.2) is 24.3 Å². The molecule has 0 aromatic heterocycles. The van der Waals surface area contributed by atoms with Gasteiger partial charge in [0.2, 0.25) is 0 Å². The number of halogens is 1. The maximum Gasteiger partial charge on any atom is 0.306 e. The molecule has 0 radical (unpaired) electrons. The molecule has 2 atom stereocenters. The fraction of sp³-hybridized carbons (Fsp3) is 0.652. The molecule has 0 aliphatic carbocycles. The van der Waals surface area contributed by atoms with Gasteiger partial charge in [-0.05, 0) is 49.7 Å². The Morgan fingerprint density at radius 1 is 0.857 bits per heavy atom. The van der Waals surface area contributed by atoms with Gasteiger partial charge in [-0.3, -0.25) is 9.59 Å². The van der Waals surface area contributed by atoms with E-state index in [0.717, 1.165) is 70.6 Å². The first-order valence-corrected chi connectivity index (χ1v) is 11.8. The molecule has 0 fully saturated rings. The van der Waals surface area contributed by atoms with Gasteiger partial charge in [-0.25, -0.2) is 0 Å². The SMILES string of the molecule is CC(CCCCCCc1ccccc1CCCCCC(I)CC(=O)O)C(=O)O. The molecule has 2 N–H and O–H groups in total. The largest absolute Gasteiger partial charge is 0.481 e. The molecule has 0 aliphatic heterocycles. The summed E-state index contributed by atoms with van der Waals surface area (Å²) in [5, 5.41) is 17.7. The minimum Gasteiger partial charge on any atom is -0.481 e. The zero-order chi connectivity index (χ0) is 20.8. The Labute approximate surface area is 183 Å². The highest BCUT2D eigenvalue weighted by Gasteiger charge is 2.10. The zero-order valence-electron chi connectivity index (χ0n) is 17.0. The second-order valence-electron chi connectivity index (χ2n) is 7.76. The Hall–Kier alpha value is -1.11. The van der Waals surface area contributed by atoms with E-state index in [1.54, 1.807) is 6.92 Å². The zero-order valence-corrected chi connectivity index (χ0v) is 19.2. The van der Waals surface area contributed by atoms with E-state index < -0.39 is 11.9 Å². The van der Waals surface area contributed by atoms with E-state index in [-0.39, 0.29) is 16.3 Å². The highest BCUT2D eigenvalue weighted by Crippen LogP contribution is 2.19. The monoisotopic (exact) mass is 502 g/mol. The van der Waals surface area contributed by atoms with Crippen LogP contribution in [0.25, 0.3) is 0 Å². The van der Waals surface area contributed by atoms with Gasteiger partial charge in [0, 0.05) is 3.92 Å². The third-order valence-corrected chi connectivity index (χ3v) is 6.30. The molecule has 0 spiro atoms. The van der Waals surface area contributed by atoms with Crippen molar-refractivity contribution in [2.45, 2.75) is 87.9 Å². The second kappa shape index (κ2) is 14.8. The average molecular weight is 502 g/mol. The number of carbonyl (C=O) groups is 2. The molecule has 1 rings (SSSR count). The number of hydrogen-bond donors (Lipinski definition) is 2. The number of hydrogen-bond acceptors (Lipinski definition) is 2. The van der Waals surface area contributed by atoms with E-state index >= 15 is 0 Å². The molecule has 0 aliphatic rings. The van der Waals surface area contributed by atoms with Crippen molar-refractivity contribution in [1.82, 2.24) is 0 Å². The summed E-state index contributed by atoms with van der Waals surface area (Å²) in [4.78, 5) is 21.5. The normalized spacial score (nSPS) is 13.2. The van der Waals surface area contributed by atoms with Crippen molar-refractivity contribution in [2.24, 2.45) is 5.92 Å². The van der Waals surface area contributed by atoms with Gasteiger partial charge < -0.3 is 10.2 Å². The van der Waals surface area contributed by atoms with Crippen molar-refractivity contribution < 1.29 is 19.8 Å². The predicted molar refractivity (Wildman–Crippen MR) is 122 cm³/mol. The second-order valence-corrected chi connectivity index (χ2v) is 9.52. The Balaban J connectivity index is 2.21. The quantitative estimate of drug-likeness (QED) is 0.159. The van der Waals surface area contributed by atoms with Crippen LogP contribution in [0.5, 0.6) is 0 Å². The number of alkyl halides is 1. The Bertz CT molecular complexity index is 588. The van der Waals surface area contributed by atoms with Crippen LogP contribution in [0.2, 0.25) is 0 Å². The van der Waals surface area contributed by atoms with E-state index in [2.05, 4.69) is 46.9 Å². The van der Waals surface area contributed by atoms with Gasteiger partial charge in [0.1, 0.15) is 0 Å². The first kappa shape index (κ1) is 24.9. The lowest BCUT2D eigenvalue weighted by atomic mass is 9.96. The van der Waals surface area contributed by atoms with Crippen LogP contribution in [0, 0.1) is 5.92 Å². The minimum absolute atomic E-state index is 0.229. The molecule has 0 bridgehead atoms. The Morgan fingerprint density at radius 3 is 1.89 bits per heavy atom. The number of unbranched alkanes of at least 4 members (excludes halogenated alkanes) is 5. The third-order valence-electron chi connectivity index (χ3n) is 5.23. The summed E-state index contributed by atoms with van der Waals surface area (Å²) in [6.07, 6.45) is 12.0. The van der Waals surface area contributed by atoms with Crippen molar-refractivity contribution in [3.05, 3.63) is 35.4 Å². The molecule has 1 aromatic carbocycles. The molecule has 0 heterocycles. The van der Waals surface area contributed by atoms with Crippen molar-refractivity contribution in [2.75, 3.05) is 0 Å². The lowest BCUT2D eigenvalue weighted by Gasteiger charge is -2.11. The highest BCUT2D eigenvalue weighted by atomic mass is 127. The number of carboxylic acids is 2. The molecule has 0 saturated carbocycles. The number of benzene rings is 1. The predicted octanol–water partition coefficient (Wildman–Crippen LogP) is 6.28. The van der Waals surface area contributed by atoms with Crippen LogP contribution in [0.1, 0.15) is 82.3 Å². The number of carboxylic acid groups (broad SMARTS) is 2. The maximum atomic E-state index is 10.8. The summed E-state index contributed by atoms with van der Waals surface area (Å²) in [5.74, 6) is -1.62. The molecule has 0 amide bonds. The highest BCUT2D eigenvalue weighted by molar-refractivity contribution is 14.1. The molecule has 2 unspecified atom stereocenters. The van der Waals surface area contributed by atoms with Gasteiger partial charge in [-0.15, -0.1) is 0 Å². The molecule has 0 saturated heterocycles. The molecule has 28 heavy (non-hydrogen) atoms. The van der Waals surface area contributed by atoms with Crippen molar-refractivity contribution >= 4 is 34.5 Å². The third kappa shape index (κ3) is 11.7. The van der Waals surface area contributed by atoms with Crippen LogP contribution in [-0.2, 0) is 22.4 Å². The summed E-state index contributed by atoms with van der Waals surface area (Å²) in [6, 6.07) is 8.69. The van der Waals surface area contributed by atoms with Gasteiger partial charge in [-0.2, -0.15) is 0 Å². The van der Waals surface area contributed by atoms with Crippen LogP contribution < -0.4 is 0 Å². The molecular weight excluding hydrogens is 467 g/mol. The van der Waals surface area contributed by atoms with Gasteiger partial charge in [0.25, 0.3) is 0 Å². The minimum atomic E-state index is -0.704. The van der Waals surface area contributed by atoms with Crippen LogP contribution in [0.4, 0.5) is 0 Å². The van der Waals surface area contributed by atoms with Crippen LogP contribution in [0.3, 0.4) is 0 Å². The smallest absolute Gasteiger partial charge is 0.306 e. The van der Waals surface area contributed by atoms with Crippen molar-refractivity contribution in [1.29, 1.82) is 0 Å². The van der Waals surface area contributed by atoms with E-state index in [4.69, 9.17) is 10.2 Å². The van der Waals surface area contributed by atoms with Gasteiger partial charge in [0.15, 0.2) is 0 Å². The maximum absolute atomic E-state index is 10.8. The molecule has 158 valence electrons. The van der Waals surface area contributed by atoms with E-state index in [0.29, 0.717) is 0 Å². The topological polar surface area (TPSA) is 74.6 Å². The van der Waals surface area contributed by atoms with Crippen molar-refractivity contribution in [3.63, 3.8) is 0 Å². The van der Waals surface area contributed by atoms with Gasteiger partial charge in [-0.1, -0.05) is 85.9 Å². The van der Waals surface area contributed by atoms with Crippen LogP contribution >= 0.6 is 22.6 Å². The summed E-state index contributed by atoms with van der Waals surface area (Å²) in [5.41, 5.74) is 2.89. The summed E-state index contributed by atoms with van der Waals surface area (Å²) in [6.45, 7) is 1.78. The first-order chi connectivity index (χ1) is 13.4. The lowest BCUT2D eigenvalue weighted by Crippen LogP contribution is -2.08. The standard InChI is InChI=1S/C23H35IO4/c1-18(23(27)28)11-5-2-3-6-12-19-14-9-10-15-20(19)13-7-4-8-16-21(24)17-22(25)26/h9-10,14-15,18,21H,2-8,11-13,16-17H2,1H3,(H,25,26)(H,27,28). The number of aryl methyl sites for hydroxylation is 2. The summed E-state index contributed by atoms with van der Waals surface area (Å²) >= 11 is 2.25. The van der Waals surface area contributed by atoms with Gasteiger partial charge >= 0.3 is 11.9 Å². The number of aliphatic carboxylic acids is 2. The average Bonchev–Trinajstić information content (AvgIpc) is 2.64. The Kier molecular flexibility index (Phi) is 13.2. The van der Waals surface area contributed by atoms with Crippen LogP contribution in [-0.4, -0.2) is 26.1 Å². The fourth-order valence-corrected chi connectivity index (χ4v) is 4.26. The van der Waals surface area contributed by atoms with E-state index in [1.807, 2.05) is 0 Å². The molecule has 5 heteroatoms. The Morgan fingerprint density at radius 2 is 1.36 bits per heavy atom. The molecular formula is C23H35IO4.